The number of carboxylic acid groups (broad SMARTS) is 1. The zero-order chi connectivity index (χ0) is 13.6. The average Bonchev–Trinajstić information content (AvgIpc) is 2.57. The van der Waals surface area contributed by atoms with Crippen molar-refractivity contribution >= 4 is 11.6 Å². The summed E-state index contributed by atoms with van der Waals surface area (Å²) in [5, 5.41) is 13.6. The Labute approximate surface area is 105 Å². The molecule has 1 unspecified atom stereocenters. The molecule has 0 aromatic carbocycles. The molecule has 0 amide bonds. The molecular weight excluding hydrogens is 230 g/mol. The Morgan fingerprint density at radius 2 is 1.83 bits per heavy atom. The molecule has 0 aliphatic carbocycles. The Bertz CT molecular complexity index is 643. The number of carboxylic acids is 1. The third-order valence-corrected chi connectivity index (χ3v) is 3.50. The molecule has 0 saturated heterocycles. The van der Waals surface area contributed by atoms with Crippen LogP contribution in [0.1, 0.15) is 41.1 Å². The van der Waals surface area contributed by atoms with Crippen LogP contribution in [0, 0.1) is 27.7 Å². The van der Waals surface area contributed by atoms with E-state index in [1.165, 1.54) is 0 Å². The van der Waals surface area contributed by atoms with Crippen LogP contribution < -0.4 is 0 Å². The van der Waals surface area contributed by atoms with Crippen LogP contribution in [0.2, 0.25) is 0 Å². The molecule has 0 spiro atoms. The lowest BCUT2D eigenvalue weighted by atomic mass is 9.98. The van der Waals surface area contributed by atoms with Gasteiger partial charge >= 0.3 is 5.97 Å². The molecule has 2 aromatic heterocycles. The summed E-state index contributed by atoms with van der Waals surface area (Å²) in [6.45, 7) is 9.32. The molecule has 0 bridgehead atoms. The monoisotopic (exact) mass is 247 g/mol. The van der Waals surface area contributed by atoms with Crippen molar-refractivity contribution in [2.24, 2.45) is 0 Å². The zero-order valence-electron chi connectivity index (χ0n) is 11.3. The molecule has 96 valence electrons. The van der Waals surface area contributed by atoms with Crippen LogP contribution in [0.5, 0.6) is 0 Å². The van der Waals surface area contributed by atoms with Gasteiger partial charge in [0.05, 0.1) is 11.6 Å². The lowest BCUT2D eigenvalue weighted by molar-refractivity contribution is -0.138. The van der Waals surface area contributed by atoms with E-state index in [4.69, 9.17) is 5.11 Å². The van der Waals surface area contributed by atoms with Crippen LogP contribution in [0.4, 0.5) is 0 Å². The Balaban J connectivity index is 2.81. The third-order valence-electron chi connectivity index (χ3n) is 3.50. The van der Waals surface area contributed by atoms with E-state index in [1.807, 2.05) is 27.7 Å². The molecular formula is C13H17N3O2. The van der Waals surface area contributed by atoms with Gasteiger partial charge in [-0.15, -0.1) is 0 Å². The minimum atomic E-state index is -0.844. The van der Waals surface area contributed by atoms with Crippen LogP contribution in [-0.4, -0.2) is 25.7 Å². The SMILES string of the molecule is Cc1nc2c(C)c(C)nn2c(C)c1C(C)C(=O)O. The van der Waals surface area contributed by atoms with Crippen molar-refractivity contribution in [3.05, 3.63) is 28.2 Å². The van der Waals surface area contributed by atoms with E-state index in [-0.39, 0.29) is 0 Å². The highest BCUT2D eigenvalue weighted by molar-refractivity contribution is 5.76. The predicted octanol–water partition coefficient (Wildman–Crippen LogP) is 2.15. The first-order chi connectivity index (χ1) is 8.34. The van der Waals surface area contributed by atoms with Gasteiger partial charge in [-0.3, -0.25) is 4.79 Å². The summed E-state index contributed by atoms with van der Waals surface area (Å²) in [5.74, 6) is -1.42. The Morgan fingerprint density at radius 3 is 2.39 bits per heavy atom. The third kappa shape index (κ3) is 1.66. The second-order valence-electron chi connectivity index (χ2n) is 4.70. The van der Waals surface area contributed by atoms with Crippen molar-refractivity contribution in [1.82, 2.24) is 14.6 Å². The molecule has 0 fully saturated rings. The quantitative estimate of drug-likeness (QED) is 0.883. The summed E-state index contributed by atoms with van der Waals surface area (Å²) < 4.78 is 1.74. The van der Waals surface area contributed by atoms with Gasteiger partial charge in [0.1, 0.15) is 0 Å². The first-order valence-corrected chi connectivity index (χ1v) is 5.90. The second-order valence-corrected chi connectivity index (χ2v) is 4.70. The highest BCUT2D eigenvalue weighted by Gasteiger charge is 2.22. The second kappa shape index (κ2) is 4.08. The summed E-state index contributed by atoms with van der Waals surface area (Å²) >= 11 is 0. The summed E-state index contributed by atoms with van der Waals surface area (Å²) in [6, 6.07) is 0. The Morgan fingerprint density at radius 1 is 1.22 bits per heavy atom. The summed E-state index contributed by atoms with van der Waals surface area (Å²) in [7, 11) is 0. The van der Waals surface area contributed by atoms with Crippen LogP contribution >= 0.6 is 0 Å². The average molecular weight is 247 g/mol. The van der Waals surface area contributed by atoms with Gasteiger partial charge in [-0.2, -0.15) is 5.10 Å². The van der Waals surface area contributed by atoms with E-state index in [1.54, 1.807) is 11.4 Å². The minimum absolute atomic E-state index is 0.577. The van der Waals surface area contributed by atoms with Gasteiger partial charge in [-0.1, -0.05) is 0 Å². The molecule has 0 saturated carbocycles. The lowest BCUT2D eigenvalue weighted by Gasteiger charge is -2.14. The van der Waals surface area contributed by atoms with E-state index in [0.717, 1.165) is 33.9 Å². The van der Waals surface area contributed by atoms with Crippen molar-refractivity contribution in [2.75, 3.05) is 0 Å². The highest BCUT2D eigenvalue weighted by atomic mass is 16.4. The van der Waals surface area contributed by atoms with Crippen molar-refractivity contribution in [3.63, 3.8) is 0 Å². The fourth-order valence-corrected chi connectivity index (χ4v) is 2.30. The van der Waals surface area contributed by atoms with Gasteiger partial charge in [0, 0.05) is 22.5 Å². The number of rotatable bonds is 2. The first-order valence-electron chi connectivity index (χ1n) is 5.90. The lowest BCUT2D eigenvalue weighted by Crippen LogP contribution is -2.14. The van der Waals surface area contributed by atoms with Crippen molar-refractivity contribution in [2.45, 2.75) is 40.5 Å². The number of aliphatic carboxylic acids is 1. The highest BCUT2D eigenvalue weighted by Crippen LogP contribution is 2.25. The van der Waals surface area contributed by atoms with Crippen molar-refractivity contribution < 1.29 is 9.90 Å². The van der Waals surface area contributed by atoms with Crippen LogP contribution in [0.15, 0.2) is 0 Å². The van der Waals surface area contributed by atoms with E-state index in [2.05, 4.69) is 10.1 Å². The predicted molar refractivity (Wildman–Crippen MR) is 68.0 cm³/mol. The maximum Gasteiger partial charge on any atom is 0.310 e. The van der Waals surface area contributed by atoms with E-state index < -0.39 is 11.9 Å². The number of aryl methyl sites for hydroxylation is 4. The molecule has 0 aliphatic rings. The zero-order valence-corrected chi connectivity index (χ0v) is 11.3. The molecule has 5 nitrogen and oxygen atoms in total. The molecule has 2 rings (SSSR count). The minimum Gasteiger partial charge on any atom is -0.481 e. The van der Waals surface area contributed by atoms with Gasteiger partial charge in [-0.25, -0.2) is 9.50 Å². The molecule has 5 heteroatoms. The topological polar surface area (TPSA) is 67.5 Å². The number of fused-ring (bicyclic) bond motifs is 1. The van der Waals surface area contributed by atoms with Gasteiger partial charge < -0.3 is 5.11 Å². The van der Waals surface area contributed by atoms with Crippen molar-refractivity contribution in [1.29, 1.82) is 0 Å². The Hall–Kier alpha value is -1.91. The molecule has 2 aromatic rings. The molecule has 18 heavy (non-hydrogen) atoms. The van der Waals surface area contributed by atoms with Crippen LogP contribution in [0.25, 0.3) is 5.65 Å². The van der Waals surface area contributed by atoms with E-state index in [9.17, 15) is 4.79 Å². The molecule has 1 N–H and O–H groups in total. The fraction of sp³-hybridized carbons (Fsp3) is 0.462. The van der Waals surface area contributed by atoms with Crippen molar-refractivity contribution in [3.8, 4) is 0 Å². The van der Waals surface area contributed by atoms with Crippen LogP contribution in [-0.2, 0) is 4.79 Å². The molecule has 0 aliphatic heterocycles. The van der Waals surface area contributed by atoms with Gasteiger partial charge in [0.2, 0.25) is 0 Å². The number of carbonyl (C=O) groups is 1. The smallest absolute Gasteiger partial charge is 0.310 e. The maximum absolute atomic E-state index is 11.2. The normalized spacial score (nSPS) is 12.9. The summed E-state index contributed by atoms with van der Waals surface area (Å²) in [4.78, 5) is 15.7. The van der Waals surface area contributed by atoms with Gasteiger partial charge in [0.25, 0.3) is 0 Å². The number of nitrogens with zero attached hydrogens (tertiary/aromatic N) is 3. The Kier molecular flexibility index (Phi) is 2.84. The maximum atomic E-state index is 11.2. The number of hydrogen-bond donors (Lipinski definition) is 1. The summed E-state index contributed by atoms with van der Waals surface area (Å²) in [6.07, 6.45) is 0. The summed E-state index contributed by atoms with van der Waals surface area (Å²) in [5.41, 5.74) is 5.13. The molecule has 1 atom stereocenters. The molecule has 0 radical (unpaired) electrons. The van der Waals surface area contributed by atoms with Gasteiger partial charge in [-0.05, 0) is 34.6 Å². The number of hydrogen-bond acceptors (Lipinski definition) is 3. The number of aromatic nitrogens is 3. The standard InChI is InChI=1S/C13H17N3O2/c1-6-8(3)15-16-10(5)11(7(2)13(17)18)9(4)14-12(6)16/h7H,1-5H3,(H,17,18). The van der Waals surface area contributed by atoms with E-state index in [0.29, 0.717) is 0 Å². The fourth-order valence-electron chi connectivity index (χ4n) is 2.30. The molecule has 2 heterocycles. The van der Waals surface area contributed by atoms with E-state index >= 15 is 0 Å². The van der Waals surface area contributed by atoms with Gasteiger partial charge in [0.15, 0.2) is 5.65 Å². The largest absolute Gasteiger partial charge is 0.481 e. The first kappa shape index (κ1) is 12.5. The van der Waals surface area contributed by atoms with Crippen LogP contribution in [0.3, 0.4) is 0 Å².